The molecule has 0 radical (unpaired) electrons. The van der Waals surface area contributed by atoms with Crippen LogP contribution >= 0.6 is 0 Å². The zero-order chi connectivity index (χ0) is 8.32. The van der Waals surface area contributed by atoms with Crippen molar-refractivity contribution in [3.63, 3.8) is 0 Å². The Labute approximate surface area is 66.7 Å². The average Bonchev–Trinajstić information content (AvgIpc) is 2.06. The quantitative estimate of drug-likeness (QED) is 0.559. The molecule has 1 aromatic rings. The minimum Gasteiger partial charge on any atom is -0.244 e. The van der Waals surface area contributed by atoms with Gasteiger partial charge in [-0.1, -0.05) is 5.92 Å². The first-order valence-electron chi connectivity index (χ1n) is 3.40. The van der Waals surface area contributed by atoms with E-state index in [1.165, 1.54) is 6.33 Å². The summed E-state index contributed by atoms with van der Waals surface area (Å²) in [6, 6.07) is 0. The lowest BCUT2D eigenvalue weighted by Crippen LogP contribution is -2.14. The summed E-state index contributed by atoms with van der Waals surface area (Å²) in [6.07, 6.45) is 10.3. The van der Waals surface area contributed by atoms with Crippen molar-refractivity contribution in [1.82, 2.24) is 9.97 Å². The second-order valence-electron chi connectivity index (χ2n) is 2.90. The van der Waals surface area contributed by atoms with E-state index in [9.17, 15) is 0 Å². The van der Waals surface area contributed by atoms with E-state index >= 15 is 0 Å². The summed E-state index contributed by atoms with van der Waals surface area (Å²) in [5.41, 5.74) is 0.712. The predicted molar refractivity (Wildman–Crippen MR) is 43.9 cm³/mol. The minimum absolute atomic E-state index is 0.263. The average molecular weight is 146 g/mol. The van der Waals surface area contributed by atoms with E-state index in [0.717, 1.165) is 5.56 Å². The smallest absolute Gasteiger partial charge is 0.115 e. The normalized spacial score (nSPS) is 10.6. The van der Waals surface area contributed by atoms with Gasteiger partial charge in [0.25, 0.3) is 0 Å². The highest BCUT2D eigenvalue weighted by Crippen LogP contribution is 2.19. The Morgan fingerprint density at radius 2 is 1.91 bits per heavy atom. The van der Waals surface area contributed by atoms with Crippen molar-refractivity contribution in [3.05, 3.63) is 24.3 Å². The van der Waals surface area contributed by atoms with Gasteiger partial charge in [0, 0.05) is 18.0 Å². The van der Waals surface area contributed by atoms with Crippen molar-refractivity contribution in [2.75, 3.05) is 0 Å². The lowest BCUT2D eigenvalue weighted by atomic mass is 9.88. The van der Waals surface area contributed by atoms with Crippen LogP contribution in [0.25, 0.3) is 0 Å². The van der Waals surface area contributed by atoms with Gasteiger partial charge in [-0.05, 0) is 13.8 Å². The zero-order valence-corrected chi connectivity index (χ0v) is 6.70. The fraction of sp³-hybridized carbons (Fsp3) is 0.333. The molecular weight excluding hydrogens is 136 g/mol. The van der Waals surface area contributed by atoms with E-state index in [-0.39, 0.29) is 5.41 Å². The van der Waals surface area contributed by atoms with E-state index in [0.29, 0.717) is 0 Å². The lowest BCUT2D eigenvalue weighted by molar-refractivity contribution is 0.689. The number of rotatable bonds is 1. The van der Waals surface area contributed by atoms with Crippen LogP contribution in [0.4, 0.5) is 0 Å². The van der Waals surface area contributed by atoms with Crippen molar-refractivity contribution in [2.45, 2.75) is 19.3 Å². The van der Waals surface area contributed by atoms with Crippen LogP contribution in [0.15, 0.2) is 18.7 Å². The van der Waals surface area contributed by atoms with Crippen molar-refractivity contribution < 1.29 is 0 Å². The first kappa shape index (κ1) is 7.74. The van der Waals surface area contributed by atoms with Crippen molar-refractivity contribution in [2.24, 2.45) is 0 Å². The molecule has 0 bridgehead atoms. The van der Waals surface area contributed by atoms with E-state index < -0.39 is 0 Å². The molecule has 2 nitrogen and oxygen atoms in total. The highest BCUT2D eigenvalue weighted by Gasteiger charge is 2.16. The molecule has 0 amide bonds. The van der Waals surface area contributed by atoms with Crippen LogP contribution in [0.5, 0.6) is 0 Å². The van der Waals surface area contributed by atoms with E-state index in [1.54, 1.807) is 12.4 Å². The summed E-state index contributed by atoms with van der Waals surface area (Å²) < 4.78 is 0. The summed E-state index contributed by atoms with van der Waals surface area (Å²) in [6.45, 7) is 3.93. The van der Waals surface area contributed by atoms with Crippen LogP contribution in [0.3, 0.4) is 0 Å². The van der Waals surface area contributed by atoms with E-state index in [1.807, 2.05) is 13.8 Å². The first-order chi connectivity index (χ1) is 5.17. The maximum Gasteiger partial charge on any atom is 0.115 e. The summed E-state index contributed by atoms with van der Waals surface area (Å²) >= 11 is 0. The topological polar surface area (TPSA) is 25.8 Å². The molecule has 0 saturated heterocycles. The molecule has 0 saturated carbocycles. The summed E-state index contributed by atoms with van der Waals surface area (Å²) in [7, 11) is 0. The first-order valence-corrected chi connectivity index (χ1v) is 3.40. The molecule has 11 heavy (non-hydrogen) atoms. The molecule has 1 rings (SSSR count). The molecule has 0 aliphatic rings. The monoisotopic (exact) mass is 146 g/mol. The van der Waals surface area contributed by atoms with Crippen molar-refractivity contribution in [3.8, 4) is 12.3 Å². The molecule has 2 heteroatoms. The SMILES string of the molecule is C#CC(C)(C)c1cncnc1. The molecule has 1 aromatic heterocycles. The number of hydrogen-bond donors (Lipinski definition) is 0. The molecule has 0 N–H and O–H groups in total. The standard InChI is InChI=1S/C9H10N2/c1-4-9(2,3)8-5-10-7-11-6-8/h1,5-7H,2-3H3. The Bertz CT molecular complexity index is 269. The second-order valence-corrected chi connectivity index (χ2v) is 2.90. The third-order valence-electron chi connectivity index (χ3n) is 1.64. The van der Waals surface area contributed by atoms with Crippen LogP contribution in [0, 0.1) is 12.3 Å². The van der Waals surface area contributed by atoms with E-state index in [4.69, 9.17) is 6.42 Å². The molecule has 0 spiro atoms. The second kappa shape index (κ2) is 2.71. The van der Waals surface area contributed by atoms with Gasteiger partial charge >= 0.3 is 0 Å². The Hall–Kier alpha value is -1.36. The number of terminal acetylenes is 1. The lowest BCUT2D eigenvalue weighted by Gasteiger charge is -2.15. The van der Waals surface area contributed by atoms with Gasteiger partial charge in [0.1, 0.15) is 6.33 Å². The molecule has 0 unspecified atom stereocenters. The van der Waals surface area contributed by atoms with Gasteiger partial charge in [0.05, 0.1) is 5.41 Å². The molecule has 0 aliphatic carbocycles. The number of aromatic nitrogens is 2. The van der Waals surface area contributed by atoms with Gasteiger partial charge in [-0.15, -0.1) is 6.42 Å². The third kappa shape index (κ3) is 1.56. The summed E-state index contributed by atoms with van der Waals surface area (Å²) in [5, 5.41) is 0. The fourth-order valence-corrected chi connectivity index (χ4v) is 0.705. The van der Waals surface area contributed by atoms with Gasteiger partial charge in [0.15, 0.2) is 0 Å². The van der Waals surface area contributed by atoms with Gasteiger partial charge in [-0.25, -0.2) is 9.97 Å². The Kier molecular flexibility index (Phi) is 1.91. The van der Waals surface area contributed by atoms with Crippen LogP contribution in [0.1, 0.15) is 19.4 Å². The molecule has 0 atom stereocenters. The maximum absolute atomic E-state index is 5.33. The fourth-order valence-electron chi connectivity index (χ4n) is 0.705. The Morgan fingerprint density at radius 3 is 2.36 bits per heavy atom. The third-order valence-corrected chi connectivity index (χ3v) is 1.64. The minimum atomic E-state index is -0.263. The highest BCUT2D eigenvalue weighted by atomic mass is 14.8. The van der Waals surface area contributed by atoms with Gasteiger partial charge in [-0.2, -0.15) is 0 Å². The Morgan fingerprint density at radius 1 is 1.36 bits per heavy atom. The van der Waals surface area contributed by atoms with Gasteiger partial charge < -0.3 is 0 Å². The largest absolute Gasteiger partial charge is 0.244 e. The van der Waals surface area contributed by atoms with Crippen LogP contribution < -0.4 is 0 Å². The maximum atomic E-state index is 5.33. The summed E-state index contributed by atoms with van der Waals surface area (Å²) in [5.74, 6) is 2.68. The van der Waals surface area contributed by atoms with Crippen molar-refractivity contribution >= 4 is 0 Å². The summed E-state index contributed by atoms with van der Waals surface area (Å²) in [4.78, 5) is 7.78. The number of nitrogens with zero attached hydrogens (tertiary/aromatic N) is 2. The van der Waals surface area contributed by atoms with E-state index in [2.05, 4.69) is 15.9 Å². The molecule has 1 heterocycles. The molecule has 0 fully saturated rings. The predicted octanol–water partition coefficient (Wildman–Crippen LogP) is 1.39. The van der Waals surface area contributed by atoms with Gasteiger partial charge in [0.2, 0.25) is 0 Å². The molecule has 0 aliphatic heterocycles. The molecule has 0 aromatic carbocycles. The van der Waals surface area contributed by atoms with Crippen LogP contribution in [-0.2, 0) is 5.41 Å². The highest BCUT2D eigenvalue weighted by molar-refractivity contribution is 5.26. The Balaban J connectivity index is 3.05. The van der Waals surface area contributed by atoms with Crippen LogP contribution in [-0.4, -0.2) is 9.97 Å². The zero-order valence-electron chi connectivity index (χ0n) is 6.70. The van der Waals surface area contributed by atoms with Crippen molar-refractivity contribution in [1.29, 1.82) is 0 Å². The molecular formula is C9H10N2. The van der Waals surface area contributed by atoms with Gasteiger partial charge in [-0.3, -0.25) is 0 Å². The molecule has 56 valence electrons. The number of hydrogen-bond acceptors (Lipinski definition) is 2. The van der Waals surface area contributed by atoms with Crippen LogP contribution in [0.2, 0.25) is 0 Å².